The molecule has 1 fully saturated rings. The molecule has 1 saturated carbocycles. The van der Waals surface area contributed by atoms with Gasteiger partial charge in [-0.2, -0.15) is 0 Å². The van der Waals surface area contributed by atoms with Crippen LogP contribution in [0, 0.1) is 5.41 Å². The van der Waals surface area contributed by atoms with Crippen LogP contribution >= 0.6 is 0 Å². The van der Waals surface area contributed by atoms with E-state index < -0.39 is 0 Å². The smallest absolute Gasteiger partial charge is 0.00676 e. The first-order valence-corrected chi connectivity index (χ1v) is 8.18. The maximum Gasteiger partial charge on any atom is 0.00676 e. The van der Waals surface area contributed by atoms with Crippen LogP contribution in [0.15, 0.2) is 30.3 Å². The Morgan fingerprint density at radius 2 is 1.80 bits per heavy atom. The lowest BCUT2D eigenvalue weighted by molar-refractivity contribution is 0.307. The van der Waals surface area contributed by atoms with Gasteiger partial charge < -0.3 is 5.32 Å². The molecule has 0 bridgehead atoms. The van der Waals surface area contributed by atoms with Gasteiger partial charge in [0, 0.05) is 18.0 Å². The summed E-state index contributed by atoms with van der Waals surface area (Å²) in [5, 5.41) is 3.84. The molecule has 1 aromatic carbocycles. The molecule has 0 spiro atoms. The maximum atomic E-state index is 3.84. The molecule has 0 saturated heterocycles. The summed E-state index contributed by atoms with van der Waals surface area (Å²) in [6.07, 6.45) is 6.78. The molecule has 20 heavy (non-hydrogen) atoms. The molecule has 2 rings (SSSR count). The summed E-state index contributed by atoms with van der Waals surface area (Å²) < 4.78 is 0. The Morgan fingerprint density at radius 1 is 1.10 bits per heavy atom. The van der Waals surface area contributed by atoms with Crippen molar-refractivity contribution in [2.45, 2.75) is 71.3 Å². The first-order valence-electron chi connectivity index (χ1n) is 8.18. The SMILES string of the molecule is CC1(C)CCCC(NCC(C)(C)c2ccccc2)CC1. The average molecular weight is 273 g/mol. The summed E-state index contributed by atoms with van der Waals surface area (Å²) >= 11 is 0. The number of rotatable bonds is 4. The summed E-state index contributed by atoms with van der Waals surface area (Å²) in [6.45, 7) is 10.6. The highest BCUT2D eigenvalue weighted by molar-refractivity contribution is 5.23. The molecule has 1 unspecified atom stereocenters. The predicted octanol–water partition coefficient (Wildman–Crippen LogP) is 4.91. The van der Waals surface area contributed by atoms with E-state index in [1.165, 1.54) is 37.7 Å². The van der Waals surface area contributed by atoms with E-state index in [4.69, 9.17) is 0 Å². The Labute approximate surface area is 125 Å². The molecule has 1 N–H and O–H groups in total. The van der Waals surface area contributed by atoms with Crippen molar-refractivity contribution in [1.29, 1.82) is 0 Å². The first-order chi connectivity index (χ1) is 9.39. The van der Waals surface area contributed by atoms with Crippen molar-refractivity contribution < 1.29 is 0 Å². The van der Waals surface area contributed by atoms with Crippen molar-refractivity contribution in [3.63, 3.8) is 0 Å². The Kier molecular flexibility index (Phi) is 4.90. The van der Waals surface area contributed by atoms with Crippen molar-refractivity contribution in [2.24, 2.45) is 5.41 Å². The molecule has 1 heteroatoms. The van der Waals surface area contributed by atoms with Gasteiger partial charge >= 0.3 is 0 Å². The van der Waals surface area contributed by atoms with Gasteiger partial charge in [-0.05, 0) is 36.7 Å². The molecular formula is C19H31N. The summed E-state index contributed by atoms with van der Waals surface area (Å²) in [5.74, 6) is 0. The van der Waals surface area contributed by atoms with E-state index in [2.05, 4.69) is 63.3 Å². The Morgan fingerprint density at radius 3 is 2.50 bits per heavy atom. The van der Waals surface area contributed by atoms with Crippen molar-refractivity contribution >= 4 is 0 Å². The van der Waals surface area contributed by atoms with Gasteiger partial charge in [0.25, 0.3) is 0 Å². The van der Waals surface area contributed by atoms with Gasteiger partial charge in [-0.3, -0.25) is 0 Å². The Hall–Kier alpha value is -0.820. The van der Waals surface area contributed by atoms with Crippen molar-refractivity contribution in [2.75, 3.05) is 6.54 Å². The van der Waals surface area contributed by atoms with Crippen LogP contribution in [0.4, 0.5) is 0 Å². The number of hydrogen-bond acceptors (Lipinski definition) is 1. The Bertz CT molecular complexity index is 405. The monoisotopic (exact) mass is 273 g/mol. The van der Waals surface area contributed by atoms with E-state index in [9.17, 15) is 0 Å². The zero-order valence-electron chi connectivity index (χ0n) is 13.7. The van der Waals surface area contributed by atoms with E-state index in [1.54, 1.807) is 0 Å². The molecule has 1 aromatic rings. The van der Waals surface area contributed by atoms with Crippen LogP contribution in [0.25, 0.3) is 0 Å². The fraction of sp³-hybridized carbons (Fsp3) is 0.684. The van der Waals surface area contributed by atoms with Gasteiger partial charge in [-0.15, -0.1) is 0 Å². The van der Waals surface area contributed by atoms with Crippen molar-refractivity contribution in [3.8, 4) is 0 Å². The minimum Gasteiger partial charge on any atom is -0.313 e. The van der Waals surface area contributed by atoms with Gasteiger partial charge in [0.1, 0.15) is 0 Å². The third-order valence-corrected chi connectivity index (χ3v) is 4.96. The van der Waals surface area contributed by atoms with Crippen LogP contribution in [-0.2, 0) is 5.41 Å². The second kappa shape index (κ2) is 6.30. The standard InChI is InChI=1S/C19H31N/c1-18(2)13-8-11-17(12-14-18)20-15-19(3,4)16-9-6-5-7-10-16/h5-7,9-10,17,20H,8,11-15H2,1-4H3. The van der Waals surface area contributed by atoms with Crippen molar-refractivity contribution in [1.82, 2.24) is 5.32 Å². The summed E-state index contributed by atoms with van der Waals surface area (Å²) in [7, 11) is 0. The molecule has 0 amide bonds. The fourth-order valence-electron chi connectivity index (χ4n) is 3.26. The van der Waals surface area contributed by atoms with Crippen LogP contribution in [0.5, 0.6) is 0 Å². The van der Waals surface area contributed by atoms with Gasteiger partial charge in [0.2, 0.25) is 0 Å². The number of benzene rings is 1. The van der Waals surface area contributed by atoms with E-state index in [1.807, 2.05) is 0 Å². The van der Waals surface area contributed by atoms with E-state index in [0.29, 0.717) is 11.5 Å². The quantitative estimate of drug-likeness (QED) is 0.768. The zero-order valence-corrected chi connectivity index (χ0v) is 13.7. The number of nitrogens with one attached hydrogen (secondary N) is 1. The first kappa shape index (κ1) is 15.6. The molecule has 0 heterocycles. The lowest BCUT2D eigenvalue weighted by Crippen LogP contribution is -2.39. The minimum atomic E-state index is 0.211. The van der Waals surface area contributed by atoms with E-state index in [0.717, 1.165) is 6.54 Å². The summed E-state index contributed by atoms with van der Waals surface area (Å²) in [5.41, 5.74) is 2.19. The van der Waals surface area contributed by atoms with Gasteiger partial charge in [-0.1, -0.05) is 64.4 Å². The highest BCUT2D eigenvalue weighted by atomic mass is 14.9. The molecule has 0 radical (unpaired) electrons. The third-order valence-electron chi connectivity index (χ3n) is 4.96. The lowest BCUT2D eigenvalue weighted by atomic mass is 9.84. The van der Waals surface area contributed by atoms with Crippen LogP contribution in [0.3, 0.4) is 0 Å². The molecule has 1 aliphatic rings. The topological polar surface area (TPSA) is 12.0 Å². The largest absolute Gasteiger partial charge is 0.313 e. The fourth-order valence-corrected chi connectivity index (χ4v) is 3.26. The molecule has 0 aromatic heterocycles. The molecule has 1 aliphatic carbocycles. The molecule has 1 nitrogen and oxygen atoms in total. The molecule has 112 valence electrons. The molecular weight excluding hydrogens is 242 g/mol. The van der Waals surface area contributed by atoms with Crippen LogP contribution in [0.2, 0.25) is 0 Å². The van der Waals surface area contributed by atoms with E-state index in [-0.39, 0.29) is 5.41 Å². The van der Waals surface area contributed by atoms with E-state index >= 15 is 0 Å². The third kappa shape index (κ3) is 4.34. The van der Waals surface area contributed by atoms with Gasteiger partial charge in [0.05, 0.1) is 0 Å². The molecule has 1 atom stereocenters. The van der Waals surface area contributed by atoms with Crippen LogP contribution in [-0.4, -0.2) is 12.6 Å². The van der Waals surface area contributed by atoms with Gasteiger partial charge in [-0.25, -0.2) is 0 Å². The van der Waals surface area contributed by atoms with Crippen LogP contribution in [0.1, 0.15) is 65.4 Å². The lowest BCUT2D eigenvalue weighted by Gasteiger charge is -2.29. The number of hydrogen-bond donors (Lipinski definition) is 1. The summed E-state index contributed by atoms with van der Waals surface area (Å²) in [6, 6.07) is 11.6. The normalized spacial score (nSPS) is 23.3. The highest BCUT2D eigenvalue weighted by Gasteiger charge is 2.26. The minimum absolute atomic E-state index is 0.211. The van der Waals surface area contributed by atoms with Crippen molar-refractivity contribution in [3.05, 3.63) is 35.9 Å². The second-order valence-electron chi connectivity index (χ2n) is 7.92. The second-order valence-corrected chi connectivity index (χ2v) is 7.92. The van der Waals surface area contributed by atoms with Crippen LogP contribution < -0.4 is 5.32 Å². The zero-order chi connectivity index (χ0) is 14.6. The average Bonchev–Trinajstić information content (AvgIpc) is 2.59. The molecule has 0 aliphatic heterocycles. The Balaban J connectivity index is 1.88. The predicted molar refractivity (Wildman–Crippen MR) is 88.1 cm³/mol. The highest BCUT2D eigenvalue weighted by Crippen LogP contribution is 2.34. The van der Waals surface area contributed by atoms with Gasteiger partial charge in [0.15, 0.2) is 0 Å². The maximum absolute atomic E-state index is 3.84. The summed E-state index contributed by atoms with van der Waals surface area (Å²) in [4.78, 5) is 0.